The Morgan fingerprint density at radius 2 is 2.09 bits per heavy atom. The van der Waals surface area contributed by atoms with Crippen LogP contribution in [0.5, 0.6) is 5.88 Å². The zero-order chi connectivity index (χ0) is 15.4. The minimum atomic E-state index is 0.154. The molecule has 2 aromatic rings. The molecule has 0 N–H and O–H groups in total. The molecule has 116 valence electrons. The van der Waals surface area contributed by atoms with Crippen molar-refractivity contribution in [3.8, 4) is 5.88 Å². The molecular weight excluding hydrogens is 278 g/mol. The lowest BCUT2D eigenvalue weighted by Gasteiger charge is -2.39. The maximum atomic E-state index is 5.86. The summed E-state index contributed by atoms with van der Waals surface area (Å²) in [6, 6.07) is 12.4. The second-order valence-electron chi connectivity index (χ2n) is 5.37. The molecule has 0 saturated carbocycles. The van der Waals surface area contributed by atoms with Gasteiger partial charge in [0.1, 0.15) is 12.1 Å². The van der Waals surface area contributed by atoms with Crippen molar-refractivity contribution >= 4 is 5.82 Å². The van der Waals surface area contributed by atoms with Gasteiger partial charge in [-0.05, 0) is 19.4 Å². The molecule has 0 aliphatic carbocycles. The molecule has 0 spiro atoms. The second-order valence-corrected chi connectivity index (χ2v) is 5.37. The molecule has 2 heterocycles. The normalized spacial score (nSPS) is 21.6. The fraction of sp³-hybridized carbons (Fsp3) is 0.412. The van der Waals surface area contributed by atoms with E-state index in [0.29, 0.717) is 19.1 Å². The molecule has 1 aliphatic heterocycles. The molecule has 0 bridgehead atoms. The highest BCUT2D eigenvalue weighted by Crippen LogP contribution is 2.31. The fourth-order valence-corrected chi connectivity index (χ4v) is 2.72. The summed E-state index contributed by atoms with van der Waals surface area (Å²) in [5, 5.41) is 0. The Labute approximate surface area is 130 Å². The Kier molecular flexibility index (Phi) is 4.53. The molecule has 22 heavy (non-hydrogen) atoms. The summed E-state index contributed by atoms with van der Waals surface area (Å²) >= 11 is 0. The van der Waals surface area contributed by atoms with Crippen molar-refractivity contribution in [1.29, 1.82) is 0 Å². The fourth-order valence-electron chi connectivity index (χ4n) is 2.72. The molecule has 0 amide bonds. The van der Waals surface area contributed by atoms with Crippen LogP contribution < -0.4 is 9.64 Å². The molecule has 1 saturated heterocycles. The number of anilines is 1. The number of benzene rings is 1. The van der Waals surface area contributed by atoms with Crippen molar-refractivity contribution in [3.63, 3.8) is 0 Å². The lowest BCUT2D eigenvalue weighted by atomic mass is 10.0. The van der Waals surface area contributed by atoms with Crippen LogP contribution in [0.4, 0.5) is 5.82 Å². The lowest BCUT2D eigenvalue weighted by Crippen LogP contribution is -2.44. The largest absolute Gasteiger partial charge is 0.478 e. The van der Waals surface area contributed by atoms with Gasteiger partial charge in [0.2, 0.25) is 5.88 Å². The van der Waals surface area contributed by atoms with E-state index in [-0.39, 0.29) is 12.1 Å². The molecule has 3 rings (SSSR count). The Balaban J connectivity index is 1.91. The van der Waals surface area contributed by atoms with E-state index < -0.39 is 0 Å². The predicted molar refractivity (Wildman–Crippen MR) is 85.1 cm³/mol. The van der Waals surface area contributed by atoms with Crippen LogP contribution in [0.1, 0.15) is 25.5 Å². The molecule has 2 atom stereocenters. The Morgan fingerprint density at radius 3 is 2.86 bits per heavy atom. The van der Waals surface area contributed by atoms with Crippen molar-refractivity contribution < 1.29 is 9.47 Å². The zero-order valence-corrected chi connectivity index (χ0v) is 13.0. The van der Waals surface area contributed by atoms with E-state index in [2.05, 4.69) is 46.1 Å². The van der Waals surface area contributed by atoms with Crippen molar-refractivity contribution in [2.45, 2.75) is 26.0 Å². The summed E-state index contributed by atoms with van der Waals surface area (Å²) in [5.74, 6) is 1.49. The van der Waals surface area contributed by atoms with Gasteiger partial charge >= 0.3 is 0 Å². The standard InChI is InChI=1S/C17H21N3O2/c1-3-21-17-9-16(18-12-19-17)20-10-13(2)22-11-15(20)14-7-5-4-6-8-14/h4-9,12-13,15H,3,10-11H2,1-2H3. The van der Waals surface area contributed by atoms with E-state index in [1.165, 1.54) is 5.56 Å². The van der Waals surface area contributed by atoms with E-state index in [9.17, 15) is 0 Å². The Bertz CT molecular complexity index is 606. The van der Waals surface area contributed by atoms with Gasteiger partial charge < -0.3 is 14.4 Å². The van der Waals surface area contributed by atoms with Crippen LogP contribution in [0.3, 0.4) is 0 Å². The van der Waals surface area contributed by atoms with Crippen LogP contribution in [0.2, 0.25) is 0 Å². The molecule has 1 aromatic heterocycles. The summed E-state index contributed by atoms with van der Waals surface area (Å²) in [6.45, 7) is 6.07. The molecule has 5 heteroatoms. The number of nitrogens with zero attached hydrogens (tertiary/aromatic N) is 3. The molecule has 1 fully saturated rings. The lowest BCUT2D eigenvalue weighted by molar-refractivity contribution is 0.0299. The summed E-state index contributed by atoms with van der Waals surface area (Å²) < 4.78 is 11.4. The minimum absolute atomic E-state index is 0.154. The van der Waals surface area contributed by atoms with Gasteiger partial charge in [-0.2, -0.15) is 0 Å². The van der Waals surface area contributed by atoms with Gasteiger partial charge in [0, 0.05) is 12.6 Å². The zero-order valence-electron chi connectivity index (χ0n) is 13.0. The molecule has 1 aliphatic rings. The average molecular weight is 299 g/mol. The maximum Gasteiger partial charge on any atom is 0.218 e. The van der Waals surface area contributed by atoms with Crippen LogP contribution in [0.15, 0.2) is 42.7 Å². The highest BCUT2D eigenvalue weighted by atomic mass is 16.5. The third-order valence-corrected chi connectivity index (χ3v) is 3.77. The van der Waals surface area contributed by atoms with E-state index in [4.69, 9.17) is 9.47 Å². The molecule has 5 nitrogen and oxygen atoms in total. The summed E-state index contributed by atoms with van der Waals surface area (Å²) in [5.41, 5.74) is 1.23. The Hall–Kier alpha value is -2.14. The van der Waals surface area contributed by atoms with Crippen LogP contribution in [-0.4, -0.2) is 35.8 Å². The van der Waals surface area contributed by atoms with Gasteiger partial charge in [-0.25, -0.2) is 9.97 Å². The average Bonchev–Trinajstić information content (AvgIpc) is 2.56. The van der Waals surface area contributed by atoms with Crippen LogP contribution in [0, 0.1) is 0 Å². The predicted octanol–water partition coefficient (Wildman–Crippen LogP) is 2.84. The smallest absolute Gasteiger partial charge is 0.218 e. The number of morpholine rings is 1. The molecular formula is C17H21N3O2. The number of hydrogen-bond acceptors (Lipinski definition) is 5. The third-order valence-electron chi connectivity index (χ3n) is 3.77. The van der Waals surface area contributed by atoms with Crippen molar-refractivity contribution in [1.82, 2.24) is 9.97 Å². The SMILES string of the molecule is CCOc1cc(N2CC(C)OCC2c2ccccc2)ncn1. The maximum absolute atomic E-state index is 5.86. The van der Waals surface area contributed by atoms with E-state index in [1.54, 1.807) is 6.33 Å². The first kappa shape index (κ1) is 14.8. The van der Waals surface area contributed by atoms with Crippen LogP contribution >= 0.6 is 0 Å². The molecule has 1 aromatic carbocycles. The van der Waals surface area contributed by atoms with Crippen LogP contribution in [0.25, 0.3) is 0 Å². The second kappa shape index (κ2) is 6.75. The number of hydrogen-bond donors (Lipinski definition) is 0. The van der Waals surface area contributed by atoms with Gasteiger partial charge in [0.15, 0.2) is 0 Å². The summed E-state index contributed by atoms with van der Waals surface area (Å²) in [6.07, 6.45) is 1.73. The highest BCUT2D eigenvalue weighted by molar-refractivity contribution is 5.45. The van der Waals surface area contributed by atoms with Gasteiger partial charge in [-0.1, -0.05) is 30.3 Å². The topological polar surface area (TPSA) is 47.5 Å². The monoisotopic (exact) mass is 299 g/mol. The van der Waals surface area contributed by atoms with Gasteiger partial charge in [-0.3, -0.25) is 0 Å². The van der Waals surface area contributed by atoms with Crippen molar-refractivity contribution in [3.05, 3.63) is 48.3 Å². The minimum Gasteiger partial charge on any atom is -0.478 e. The summed E-state index contributed by atoms with van der Waals surface area (Å²) in [4.78, 5) is 10.9. The van der Waals surface area contributed by atoms with E-state index in [0.717, 1.165) is 12.4 Å². The first-order valence-electron chi connectivity index (χ1n) is 7.66. The summed E-state index contributed by atoms with van der Waals surface area (Å²) in [7, 11) is 0. The van der Waals surface area contributed by atoms with Gasteiger partial charge in [0.05, 0.1) is 25.4 Å². The first-order chi connectivity index (χ1) is 10.8. The first-order valence-corrected chi connectivity index (χ1v) is 7.66. The van der Waals surface area contributed by atoms with Crippen molar-refractivity contribution in [2.24, 2.45) is 0 Å². The molecule has 0 radical (unpaired) electrons. The van der Waals surface area contributed by atoms with Gasteiger partial charge in [-0.15, -0.1) is 0 Å². The highest BCUT2D eigenvalue weighted by Gasteiger charge is 2.29. The third kappa shape index (κ3) is 3.20. The quantitative estimate of drug-likeness (QED) is 0.869. The Morgan fingerprint density at radius 1 is 1.27 bits per heavy atom. The molecule has 2 unspecified atom stereocenters. The van der Waals surface area contributed by atoms with E-state index >= 15 is 0 Å². The van der Waals surface area contributed by atoms with E-state index in [1.807, 2.05) is 19.1 Å². The van der Waals surface area contributed by atoms with Crippen molar-refractivity contribution in [2.75, 3.05) is 24.7 Å². The van der Waals surface area contributed by atoms with Gasteiger partial charge in [0.25, 0.3) is 0 Å². The number of aromatic nitrogens is 2. The number of rotatable bonds is 4. The number of ether oxygens (including phenoxy) is 2. The van der Waals surface area contributed by atoms with Crippen LogP contribution in [-0.2, 0) is 4.74 Å².